The van der Waals surface area contributed by atoms with Crippen LogP contribution in [0.2, 0.25) is 0 Å². The summed E-state index contributed by atoms with van der Waals surface area (Å²) in [4.78, 5) is 0. The summed E-state index contributed by atoms with van der Waals surface area (Å²) in [5, 5.41) is 0. The Labute approximate surface area is 135 Å². The summed E-state index contributed by atoms with van der Waals surface area (Å²) in [6.07, 6.45) is 13.4. The normalized spacial score (nSPS) is 47.5. The molecule has 0 aromatic rings. The second-order valence-corrected chi connectivity index (χ2v) is 8.04. The average Bonchev–Trinajstić information content (AvgIpc) is 3.26. The van der Waals surface area contributed by atoms with Crippen molar-refractivity contribution >= 4 is 0 Å². The Hall–Kier alpha value is -0.340. The summed E-state index contributed by atoms with van der Waals surface area (Å²) in [6.45, 7) is 6.35. The minimum absolute atomic E-state index is 0.391. The summed E-state index contributed by atoms with van der Waals surface area (Å²) < 4.78 is 12.8. The molecule has 4 bridgehead atoms. The Bertz CT molecular complexity index is 382. The Morgan fingerprint density at radius 1 is 0.773 bits per heavy atom. The number of hydrogen-bond acceptors (Lipinski definition) is 2. The van der Waals surface area contributed by atoms with E-state index in [1.165, 1.54) is 38.5 Å². The van der Waals surface area contributed by atoms with E-state index in [1.54, 1.807) is 0 Å². The lowest BCUT2D eigenvalue weighted by Crippen LogP contribution is -2.46. The molecule has 0 aromatic heterocycles. The van der Waals surface area contributed by atoms with Crippen molar-refractivity contribution in [2.75, 3.05) is 13.2 Å². The zero-order valence-corrected chi connectivity index (χ0v) is 14.2. The molecule has 8 atom stereocenters. The topological polar surface area (TPSA) is 18.5 Å². The van der Waals surface area contributed by atoms with Crippen LogP contribution in [0.1, 0.15) is 52.4 Å². The van der Waals surface area contributed by atoms with Gasteiger partial charge in [-0.2, -0.15) is 0 Å². The highest BCUT2D eigenvalue weighted by molar-refractivity contribution is 5.23. The van der Waals surface area contributed by atoms with Crippen LogP contribution in [0.3, 0.4) is 0 Å². The molecule has 2 heteroatoms. The fraction of sp³-hybridized carbons (Fsp3) is 0.900. The van der Waals surface area contributed by atoms with Crippen molar-refractivity contribution in [1.82, 2.24) is 0 Å². The van der Waals surface area contributed by atoms with E-state index >= 15 is 0 Å². The summed E-state index contributed by atoms with van der Waals surface area (Å²) >= 11 is 0. The molecule has 3 fully saturated rings. The van der Waals surface area contributed by atoms with E-state index in [2.05, 4.69) is 26.0 Å². The molecule has 22 heavy (non-hydrogen) atoms. The van der Waals surface area contributed by atoms with E-state index in [9.17, 15) is 0 Å². The van der Waals surface area contributed by atoms with Crippen LogP contribution in [0.5, 0.6) is 0 Å². The molecule has 4 aliphatic rings. The monoisotopic (exact) mass is 304 g/mol. The Balaban J connectivity index is 1.47. The molecule has 4 aliphatic carbocycles. The predicted octanol–water partition coefficient (Wildman–Crippen LogP) is 4.45. The van der Waals surface area contributed by atoms with Gasteiger partial charge >= 0.3 is 0 Å². The van der Waals surface area contributed by atoms with E-state index in [4.69, 9.17) is 9.47 Å². The Morgan fingerprint density at radius 3 is 1.73 bits per heavy atom. The lowest BCUT2D eigenvalue weighted by molar-refractivity contribution is -0.125. The molecule has 0 amide bonds. The number of fused-ring (bicyclic) bond motifs is 9. The SMILES string of the molecule is CCCCOC1C2CC(C1OCCCC)C1C3C=CC(C3)C21. The molecule has 2 nitrogen and oxygen atoms in total. The van der Waals surface area contributed by atoms with Crippen LogP contribution in [-0.4, -0.2) is 25.4 Å². The number of ether oxygens (including phenoxy) is 2. The summed E-state index contributed by atoms with van der Waals surface area (Å²) in [7, 11) is 0. The van der Waals surface area contributed by atoms with Crippen molar-refractivity contribution in [1.29, 1.82) is 0 Å². The minimum atomic E-state index is 0.391. The largest absolute Gasteiger partial charge is 0.375 e. The van der Waals surface area contributed by atoms with Gasteiger partial charge in [0.2, 0.25) is 0 Å². The van der Waals surface area contributed by atoms with Crippen molar-refractivity contribution < 1.29 is 9.47 Å². The van der Waals surface area contributed by atoms with Gasteiger partial charge in [-0.25, -0.2) is 0 Å². The average molecular weight is 304 g/mol. The number of rotatable bonds is 8. The van der Waals surface area contributed by atoms with Crippen LogP contribution < -0.4 is 0 Å². The fourth-order valence-corrected chi connectivity index (χ4v) is 6.09. The maximum Gasteiger partial charge on any atom is 0.0870 e. The number of unbranched alkanes of at least 4 members (excludes halogenated alkanes) is 2. The highest BCUT2D eigenvalue weighted by Gasteiger charge is 2.65. The fourth-order valence-electron chi connectivity index (χ4n) is 6.09. The zero-order valence-electron chi connectivity index (χ0n) is 14.2. The summed E-state index contributed by atoms with van der Waals surface area (Å²) in [5.41, 5.74) is 0. The number of hydrogen-bond donors (Lipinski definition) is 0. The van der Waals surface area contributed by atoms with Crippen molar-refractivity contribution in [3.63, 3.8) is 0 Å². The smallest absolute Gasteiger partial charge is 0.0870 e. The molecule has 0 heterocycles. The van der Waals surface area contributed by atoms with Crippen molar-refractivity contribution in [3.8, 4) is 0 Å². The predicted molar refractivity (Wildman–Crippen MR) is 88.6 cm³/mol. The maximum absolute atomic E-state index is 6.39. The molecule has 0 aliphatic heterocycles. The lowest BCUT2D eigenvalue weighted by Gasteiger charge is -2.41. The zero-order chi connectivity index (χ0) is 15.1. The molecule has 4 rings (SSSR count). The molecule has 8 unspecified atom stereocenters. The van der Waals surface area contributed by atoms with Gasteiger partial charge in [0, 0.05) is 13.2 Å². The molecule has 124 valence electrons. The van der Waals surface area contributed by atoms with Gasteiger partial charge in [0.25, 0.3) is 0 Å². The van der Waals surface area contributed by atoms with Gasteiger partial charge in [0.1, 0.15) is 0 Å². The van der Waals surface area contributed by atoms with Gasteiger partial charge in [-0.1, -0.05) is 38.8 Å². The molecule has 3 saturated carbocycles. The molecular weight excluding hydrogens is 272 g/mol. The molecule has 0 radical (unpaired) electrons. The summed E-state index contributed by atoms with van der Waals surface area (Å²) in [6, 6.07) is 0. The highest BCUT2D eigenvalue weighted by Crippen LogP contribution is 2.66. The molecular formula is C20H32O2. The van der Waals surface area contributed by atoms with Crippen molar-refractivity contribution in [3.05, 3.63) is 12.2 Å². The highest BCUT2D eigenvalue weighted by atomic mass is 16.5. The molecule has 0 aromatic carbocycles. The summed E-state index contributed by atoms with van der Waals surface area (Å²) in [5.74, 6) is 5.10. The third kappa shape index (κ3) is 2.29. The number of allylic oxidation sites excluding steroid dienone is 2. The van der Waals surface area contributed by atoms with E-state index in [0.29, 0.717) is 12.2 Å². The lowest BCUT2D eigenvalue weighted by atomic mass is 9.71. The first-order valence-electron chi connectivity index (χ1n) is 9.76. The quantitative estimate of drug-likeness (QED) is 0.375. The van der Waals surface area contributed by atoms with Gasteiger partial charge < -0.3 is 9.47 Å². The van der Waals surface area contributed by atoms with Crippen LogP contribution in [0.15, 0.2) is 12.2 Å². The van der Waals surface area contributed by atoms with E-state index in [1.807, 2.05) is 0 Å². The second kappa shape index (κ2) is 6.28. The molecule has 0 N–H and O–H groups in total. The second-order valence-electron chi connectivity index (χ2n) is 8.04. The molecule has 0 spiro atoms. The van der Waals surface area contributed by atoms with Crippen LogP contribution in [0.25, 0.3) is 0 Å². The third-order valence-corrected chi connectivity index (χ3v) is 6.90. The maximum atomic E-state index is 6.39. The van der Waals surface area contributed by atoms with Gasteiger partial charge in [-0.05, 0) is 61.2 Å². The first-order chi connectivity index (χ1) is 10.8. The standard InChI is InChI=1S/C20H32O2/c1-3-5-9-21-19-15-12-16(20(19)22-10-6-4-2)18-14-8-7-13(11-14)17(15)18/h7-8,13-20H,3-6,9-12H2,1-2H3. The Kier molecular flexibility index (Phi) is 4.34. The minimum Gasteiger partial charge on any atom is -0.375 e. The van der Waals surface area contributed by atoms with Crippen LogP contribution in [0.4, 0.5) is 0 Å². The van der Waals surface area contributed by atoms with Crippen molar-refractivity contribution in [2.45, 2.75) is 64.6 Å². The van der Waals surface area contributed by atoms with Gasteiger partial charge in [-0.15, -0.1) is 0 Å². The van der Waals surface area contributed by atoms with E-state index < -0.39 is 0 Å². The van der Waals surface area contributed by atoms with Gasteiger partial charge in [-0.3, -0.25) is 0 Å². The molecule has 0 saturated heterocycles. The first kappa shape index (κ1) is 15.2. The first-order valence-corrected chi connectivity index (χ1v) is 9.76. The van der Waals surface area contributed by atoms with E-state index in [0.717, 1.165) is 48.7 Å². The van der Waals surface area contributed by atoms with Crippen LogP contribution >= 0.6 is 0 Å². The van der Waals surface area contributed by atoms with E-state index in [-0.39, 0.29) is 0 Å². The van der Waals surface area contributed by atoms with Gasteiger partial charge in [0.05, 0.1) is 12.2 Å². The Morgan fingerprint density at radius 2 is 1.27 bits per heavy atom. The van der Waals surface area contributed by atoms with Crippen LogP contribution in [0, 0.1) is 35.5 Å². The third-order valence-electron chi connectivity index (χ3n) is 6.90. The van der Waals surface area contributed by atoms with Crippen molar-refractivity contribution in [2.24, 2.45) is 35.5 Å². The van der Waals surface area contributed by atoms with Crippen LogP contribution in [-0.2, 0) is 9.47 Å². The van der Waals surface area contributed by atoms with Gasteiger partial charge in [0.15, 0.2) is 0 Å².